The summed E-state index contributed by atoms with van der Waals surface area (Å²) in [6.07, 6.45) is -0.769. The van der Waals surface area contributed by atoms with Crippen LogP contribution in [0.5, 0.6) is 0 Å². The molecule has 5 nitrogen and oxygen atoms in total. The standard InChI is InChI=1S/C12H15NO4/c1-4-11(17-12(16)8(2)3)10(15)6-5-9(14)7-13/h11H,2,4-6H2,1,3H3. The molecule has 5 heteroatoms. The molecule has 0 aromatic heterocycles. The Kier molecular flexibility index (Phi) is 6.49. The molecule has 0 aliphatic heterocycles. The van der Waals surface area contributed by atoms with E-state index in [9.17, 15) is 14.4 Å². The maximum absolute atomic E-state index is 11.6. The van der Waals surface area contributed by atoms with Gasteiger partial charge in [-0.1, -0.05) is 13.5 Å². The second-order valence-corrected chi connectivity index (χ2v) is 3.58. The van der Waals surface area contributed by atoms with Crippen molar-refractivity contribution in [2.45, 2.75) is 39.2 Å². The highest BCUT2D eigenvalue weighted by molar-refractivity contribution is 5.97. The molecule has 0 heterocycles. The Morgan fingerprint density at radius 1 is 1.35 bits per heavy atom. The van der Waals surface area contributed by atoms with Crippen LogP contribution in [0.4, 0.5) is 0 Å². The van der Waals surface area contributed by atoms with Crippen molar-refractivity contribution < 1.29 is 19.1 Å². The SMILES string of the molecule is C=C(C)C(=O)OC(CC)C(=O)CCC(=O)C#N. The number of hydrogen-bond acceptors (Lipinski definition) is 5. The number of rotatable bonds is 7. The molecule has 1 unspecified atom stereocenters. The fraction of sp³-hybridized carbons (Fsp3) is 0.500. The summed E-state index contributed by atoms with van der Waals surface area (Å²) in [6, 6.07) is 1.42. The number of carbonyl (C=O) groups excluding carboxylic acids is 3. The Morgan fingerprint density at radius 2 is 1.94 bits per heavy atom. The molecule has 0 radical (unpaired) electrons. The van der Waals surface area contributed by atoms with Crippen LogP contribution >= 0.6 is 0 Å². The second kappa shape index (κ2) is 7.34. The van der Waals surface area contributed by atoms with Crippen LogP contribution in [0, 0.1) is 11.3 Å². The zero-order valence-electron chi connectivity index (χ0n) is 9.99. The van der Waals surface area contributed by atoms with Crippen molar-refractivity contribution in [2.24, 2.45) is 0 Å². The first-order valence-corrected chi connectivity index (χ1v) is 5.24. The molecule has 0 saturated heterocycles. The van der Waals surface area contributed by atoms with Crippen LogP contribution in [0.1, 0.15) is 33.1 Å². The van der Waals surface area contributed by atoms with E-state index < -0.39 is 17.9 Å². The number of Topliss-reactive ketones (excluding diaryl/α,β-unsaturated/α-hetero) is 2. The third-order valence-electron chi connectivity index (χ3n) is 2.05. The van der Waals surface area contributed by atoms with Crippen LogP contribution in [0.15, 0.2) is 12.2 Å². The van der Waals surface area contributed by atoms with Crippen LogP contribution < -0.4 is 0 Å². The summed E-state index contributed by atoms with van der Waals surface area (Å²) < 4.78 is 4.91. The third kappa shape index (κ3) is 5.61. The van der Waals surface area contributed by atoms with Crippen LogP contribution in [0.25, 0.3) is 0 Å². The third-order valence-corrected chi connectivity index (χ3v) is 2.05. The Morgan fingerprint density at radius 3 is 2.35 bits per heavy atom. The zero-order valence-corrected chi connectivity index (χ0v) is 9.99. The van der Waals surface area contributed by atoms with E-state index in [0.717, 1.165) is 0 Å². The molecule has 0 spiro atoms. The van der Waals surface area contributed by atoms with Crippen molar-refractivity contribution in [1.29, 1.82) is 5.26 Å². The maximum atomic E-state index is 11.6. The summed E-state index contributed by atoms with van der Waals surface area (Å²) in [4.78, 5) is 33.5. The Balaban J connectivity index is 4.32. The van der Waals surface area contributed by atoms with Gasteiger partial charge in [0, 0.05) is 18.4 Å². The van der Waals surface area contributed by atoms with Crippen molar-refractivity contribution in [3.05, 3.63) is 12.2 Å². The molecule has 0 rings (SSSR count). The predicted octanol–water partition coefficient (Wildman–Crippen LogP) is 1.33. The molecule has 0 amide bonds. The number of esters is 1. The molecule has 0 aliphatic carbocycles. The van der Waals surface area contributed by atoms with Gasteiger partial charge in [-0.25, -0.2) is 4.79 Å². The summed E-state index contributed by atoms with van der Waals surface area (Å²) in [5, 5.41) is 8.25. The highest BCUT2D eigenvalue weighted by atomic mass is 16.5. The summed E-state index contributed by atoms with van der Waals surface area (Å²) in [6.45, 7) is 6.59. The fourth-order valence-corrected chi connectivity index (χ4v) is 1.06. The van der Waals surface area contributed by atoms with Gasteiger partial charge in [0.15, 0.2) is 11.9 Å². The first kappa shape index (κ1) is 15.0. The maximum Gasteiger partial charge on any atom is 0.333 e. The smallest absolute Gasteiger partial charge is 0.333 e. The number of ketones is 2. The molecule has 0 saturated carbocycles. The zero-order chi connectivity index (χ0) is 13.4. The molecule has 0 N–H and O–H groups in total. The van der Waals surface area contributed by atoms with E-state index in [0.29, 0.717) is 6.42 Å². The van der Waals surface area contributed by atoms with Crippen LogP contribution in [0.3, 0.4) is 0 Å². The van der Waals surface area contributed by atoms with E-state index in [2.05, 4.69) is 6.58 Å². The average molecular weight is 237 g/mol. The van der Waals surface area contributed by atoms with E-state index in [1.807, 2.05) is 0 Å². The van der Waals surface area contributed by atoms with Crippen molar-refractivity contribution in [3.8, 4) is 6.07 Å². The number of hydrogen-bond donors (Lipinski definition) is 0. The lowest BCUT2D eigenvalue weighted by Gasteiger charge is -2.14. The minimum Gasteiger partial charge on any atom is -0.451 e. The van der Waals surface area contributed by atoms with E-state index in [1.54, 1.807) is 6.92 Å². The van der Waals surface area contributed by atoms with E-state index >= 15 is 0 Å². The van der Waals surface area contributed by atoms with E-state index in [-0.39, 0.29) is 24.2 Å². The quantitative estimate of drug-likeness (QED) is 0.379. The molecular formula is C12H15NO4. The molecule has 0 fully saturated rings. The first-order valence-electron chi connectivity index (χ1n) is 5.24. The molecule has 0 aromatic carbocycles. The highest BCUT2D eigenvalue weighted by Crippen LogP contribution is 2.08. The molecule has 0 aromatic rings. The summed E-state index contributed by atoms with van der Waals surface area (Å²) in [5.74, 6) is -1.64. The van der Waals surface area contributed by atoms with Crippen LogP contribution in [-0.2, 0) is 19.1 Å². The largest absolute Gasteiger partial charge is 0.451 e. The Bertz CT molecular complexity index is 378. The molecule has 17 heavy (non-hydrogen) atoms. The van der Waals surface area contributed by atoms with Crippen molar-refractivity contribution in [1.82, 2.24) is 0 Å². The fourth-order valence-electron chi connectivity index (χ4n) is 1.06. The monoisotopic (exact) mass is 237 g/mol. The van der Waals surface area contributed by atoms with Gasteiger partial charge in [-0.05, 0) is 13.3 Å². The van der Waals surface area contributed by atoms with E-state index in [1.165, 1.54) is 13.0 Å². The molecular weight excluding hydrogens is 222 g/mol. The van der Waals surface area contributed by atoms with Crippen molar-refractivity contribution in [3.63, 3.8) is 0 Å². The molecule has 0 aliphatic rings. The molecule has 1 atom stereocenters. The van der Waals surface area contributed by atoms with Crippen molar-refractivity contribution >= 4 is 17.5 Å². The number of nitriles is 1. The van der Waals surface area contributed by atoms with Gasteiger partial charge in [0.2, 0.25) is 5.78 Å². The number of ether oxygens (including phenoxy) is 1. The predicted molar refractivity (Wildman–Crippen MR) is 59.8 cm³/mol. The minimum atomic E-state index is -0.870. The minimum absolute atomic E-state index is 0.0889. The Hall–Kier alpha value is -1.96. The van der Waals surface area contributed by atoms with Gasteiger partial charge in [0.25, 0.3) is 0 Å². The van der Waals surface area contributed by atoms with E-state index in [4.69, 9.17) is 10.00 Å². The second-order valence-electron chi connectivity index (χ2n) is 3.58. The van der Waals surface area contributed by atoms with Gasteiger partial charge < -0.3 is 4.74 Å². The summed E-state index contributed by atoms with van der Waals surface area (Å²) in [7, 11) is 0. The van der Waals surface area contributed by atoms with Gasteiger partial charge in [0.05, 0.1) is 0 Å². The summed E-state index contributed by atoms with van der Waals surface area (Å²) >= 11 is 0. The lowest BCUT2D eigenvalue weighted by atomic mass is 10.1. The highest BCUT2D eigenvalue weighted by Gasteiger charge is 2.21. The van der Waals surface area contributed by atoms with Gasteiger partial charge >= 0.3 is 5.97 Å². The van der Waals surface area contributed by atoms with Crippen molar-refractivity contribution in [2.75, 3.05) is 0 Å². The first-order chi connectivity index (χ1) is 7.92. The van der Waals surface area contributed by atoms with Gasteiger partial charge in [-0.15, -0.1) is 0 Å². The summed E-state index contributed by atoms with van der Waals surface area (Å²) in [5.41, 5.74) is 0.212. The number of nitrogens with zero attached hydrogens (tertiary/aromatic N) is 1. The van der Waals surface area contributed by atoms with Crippen LogP contribution in [-0.4, -0.2) is 23.6 Å². The van der Waals surface area contributed by atoms with Crippen LogP contribution in [0.2, 0.25) is 0 Å². The topological polar surface area (TPSA) is 84.2 Å². The van der Waals surface area contributed by atoms with Gasteiger partial charge in [0.1, 0.15) is 6.07 Å². The number of carbonyl (C=O) groups is 3. The Labute approximate surface area is 100 Å². The normalized spacial score (nSPS) is 11.1. The van der Waals surface area contributed by atoms with Gasteiger partial charge in [-0.3, -0.25) is 9.59 Å². The van der Waals surface area contributed by atoms with Gasteiger partial charge in [-0.2, -0.15) is 5.26 Å². The molecule has 0 bridgehead atoms. The lowest BCUT2D eigenvalue weighted by molar-refractivity contribution is -0.151. The lowest BCUT2D eigenvalue weighted by Crippen LogP contribution is -2.27. The average Bonchev–Trinajstić information content (AvgIpc) is 2.31. The molecule has 92 valence electrons.